The monoisotopic (exact) mass is 475 g/mol. The molecule has 33 heavy (non-hydrogen) atoms. The molecule has 1 fully saturated rings. The number of nitrogens with zero attached hydrogens (tertiary/aromatic N) is 7. The third kappa shape index (κ3) is 4.64. The molecule has 3 aromatic rings. The number of methoxy groups -OCH3 is 2. The Kier molecular flexibility index (Phi) is 6.80. The fourth-order valence-corrected chi connectivity index (χ4v) is 4.50. The maximum atomic E-state index is 11.8. The van der Waals surface area contributed by atoms with Crippen molar-refractivity contribution in [1.82, 2.24) is 29.8 Å². The van der Waals surface area contributed by atoms with E-state index in [0.29, 0.717) is 44.1 Å². The van der Waals surface area contributed by atoms with Crippen molar-refractivity contribution in [2.75, 3.05) is 32.2 Å². The molecular formula is C21H26ClN7O4. The van der Waals surface area contributed by atoms with E-state index in [2.05, 4.69) is 20.4 Å². The minimum Gasteiger partial charge on any atom is -0.497 e. The number of halogens is 1. The molecule has 11 nitrogen and oxygen atoms in total. The van der Waals surface area contributed by atoms with Gasteiger partial charge in [0.15, 0.2) is 5.15 Å². The highest BCUT2D eigenvalue weighted by atomic mass is 35.5. The van der Waals surface area contributed by atoms with E-state index < -0.39 is 5.97 Å². The highest BCUT2D eigenvalue weighted by molar-refractivity contribution is 6.30. The first-order chi connectivity index (χ1) is 15.9. The van der Waals surface area contributed by atoms with E-state index in [1.54, 1.807) is 23.6 Å². The predicted octanol–water partition coefficient (Wildman–Crippen LogP) is 2.31. The van der Waals surface area contributed by atoms with Gasteiger partial charge in [0.05, 0.1) is 31.5 Å². The molecule has 0 saturated carbocycles. The van der Waals surface area contributed by atoms with Crippen molar-refractivity contribution in [3.63, 3.8) is 0 Å². The minimum absolute atomic E-state index is 0.0686. The van der Waals surface area contributed by atoms with Crippen LogP contribution in [0.5, 0.6) is 5.75 Å². The number of carboxylic acids is 1. The van der Waals surface area contributed by atoms with Gasteiger partial charge in [-0.3, -0.25) is 0 Å². The molecule has 176 valence electrons. The van der Waals surface area contributed by atoms with E-state index >= 15 is 0 Å². The molecule has 3 heterocycles. The Morgan fingerprint density at radius 3 is 2.67 bits per heavy atom. The van der Waals surface area contributed by atoms with Gasteiger partial charge in [-0.05, 0) is 35.8 Å². The van der Waals surface area contributed by atoms with Crippen LogP contribution in [0.1, 0.15) is 41.3 Å². The highest BCUT2D eigenvalue weighted by Gasteiger charge is 2.36. The average Bonchev–Trinajstić information content (AvgIpc) is 3.43. The van der Waals surface area contributed by atoms with Crippen LogP contribution in [0, 0.1) is 0 Å². The second-order valence-corrected chi connectivity index (χ2v) is 8.10. The summed E-state index contributed by atoms with van der Waals surface area (Å²) in [6.07, 6.45) is 0.878. The zero-order valence-corrected chi connectivity index (χ0v) is 19.4. The average molecular weight is 476 g/mol. The number of piperidine rings is 1. The summed E-state index contributed by atoms with van der Waals surface area (Å²) in [7, 11) is 3.24. The molecule has 2 aromatic heterocycles. The summed E-state index contributed by atoms with van der Waals surface area (Å²) >= 11 is 6.23. The van der Waals surface area contributed by atoms with Crippen LogP contribution in [0.4, 0.5) is 5.95 Å². The van der Waals surface area contributed by atoms with Crippen LogP contribution < -0.4 is 9.64 Å². The van der Waals surface area contributed by atoms with E-state index in [1.165, 1.54) is 0 Å². The largest absolute Gasteiger partial charge is 0.497 e. The number of benzene rings is 1. The van der Waals surface area contributed by atoms with Crippen LogP contribution in [0.15, 0.2) is 24.3 Å². The molecular weight excluding hydrogens is 450 g/mol. The lowest BCUT2D eigenvalue weighted by Gasteiger charge is -2.38. The van der Waals surface area contributed by atoms with Gasteiger partial charge in [-0.2, -0.15) is 4.80 Å². The number of aromatic nitrogens is 6. The summed E-state index contributed by atoms with van der Waals surface area (Å²) < 4.78 is 12.7. The van der Waals surface area contributed by atoms with Gasteiger partial charge in [-0.1, -0.05) is 35.8 Å². The Morgan fingerprint density at radius 2 is 2.03 bits per heavy atom. The first kappa shape index (κ1) is 23.0. The Hall–Kier alpha value is -3.18. The lowest BCUT2D eigenvalue weighted by Crippen LogP contribution is -2.47. The van der Waals surface area contributed by atoms with Gasteiger partial charge < -0.3 is 24.0 Å². The molecule has 1 aromatic carbocycles. The lowest BCUT2D eigenvalue weighted by molar-refractivity contribution is 0.0423. The Morgan fingerprint density at radius 1 is 1.27 bits per heavy atom. The van der Waals surface area contributed by atoms with Crippen molar-refractivity contribution in [1.29, 1.82) is 0 Å². The van der Waals surface area contributed by atoms with Crippen molar-refractivity contribution in [3.8, 4) is 5.75 Å². The van der Waals surface area contributed by atoms with Gasteiger partial charge in [0.1, 0.15) is 5.75 Å². The lowest BCUT2D eigenvalue weighted by atomic mass is 10.0. The number of anilines is 1. The normalized spacial score (nSPS) is 18.5. The first-order valence-corrected chi connectivity index (χ1v) is 11.0. The molecule has 1 N–H and O–H groups in total. The third-order valence-corrected chi connectivity index (χ3v) is 6.16. The molecule has 12 heteroatoms. The standard InChI is InChI=1S/C21H26ClN7O4/c1-4-15-18(22)23-19(20(30)31)29(15)16-9-10-27(12-17(16)33-3)21-24-26-28(25-21)11-13-5-7-14(32-2)8-6-13/h5-8,16-17H,4,9-12H2,1-3H3,(H,30,31)/t16-,17+/m1/s1. The number of rotatable bonds is 8. The number of ether oxygens (including phenoxy) is 2. The van der Waals surface area contributed by atoms with Gasteiger partial charge in [0, 0.05) is 20.2 Å². The van der Waals surface area contributed by atoms with Gasteiger partial charge >= 0.3 is 5.97 Å². The van der Waals surface area contributed by atoms with Gasteiger partial charge in [-0.25, -0.2) is 9.78 Å². The fourth-order valence-electron chi connectivity index (χ4n) is 4.20. The van der Waals surface area contributed by atoms with E-state index in [9.17, 15) is 9.90 Å². The minimum atomic E-state index is -1.11. The topological polar surface area (TPSA) is 120 Å². The number of imidazole rings is 1. The number of carboxylic acid groups (broad SMARTS) is 1. The predicted molar refractivity (Wildman–Crippen MR) is 120 cm³/mol. The summed E-state index contributed by atoms with van der Waals surface area (Å²) in [6.45, 7) is 3.49. The molecule has 4 rings (SSSR count). The van der Waals surface area contributed by atoms with Crippen molar-refractivity contribution in [2.24, 2.45) is 0 Å². The van der Waals surface area contributed by atoms with Crippen molar-refractivity contribution in [2.45, 2.75) is 38.5 Å². The maximum absolute atomic E-state index is 11.8. The Balaban J connectivity index is 1.50. The molecule has 2 atom stereocenters. The van der Waals surface area contributed by atoms with Gasteiger partial charge in [-0.15, -0.1) is 5.10 Å². The van der Waals surface area contributed by atoms with Crippen LogP contribution in [0.25, 0.3) is 0 Å². The molecule has 0 amide bonds. The van der Waals surface area contributed by atoms with Crippen LogP contribution in [0.3, 0.4) is 0 Å². The number of aromatic carboxylic acids is 1. The molecule has 1 aliphatic rings. The number of tetrazole rings is 1. The Labute approximate surface area is 195 Å². The smallest absolute Gasteiger partial charge is 0.372 e. The van der Waals surface area contributed by atoms with Crippen LogP contribution >= 0.6 is 11.6 Å². The van der Waals surface area contributed by atoms with E-state index in [-0.39, 0.29) is 23.1 Å². The molecule has 0 radical (unpaired) electrons. The maximum Gasteiger partial charge on any atom is 0.372 e. The second kappa shape index (κ2) is 9.75. The SMILES string of the molecule is CCc1c(Cl)nc(C(=O)O)n1[C@@H]1CCN(c2nnn(Cc3ccc(OC)cc3)n2)C[C@@H]1OC. The van der Waals surface area contributed by atoms with Crippen LogP contribution in [-0.4, -0.2) is 74.2 Å². The molecule has 0 aliphatic carbocycles. The molecule has 1 aliphatic heterocycles. The highest BCUT2D eigenvalue weighted by Crippen LogP contribution is 2.32. The zero-order valence-electron chi connectivity index (χ0n) is 18.7. The van der Waals surface area contributed by atoms with Crippen molar-refractivity contribution < 1.29 is 19.4 Å². The van der Waals surface area contributed by atoms with E-state index in [0.717, 1.165) is 11.3 Å². The van der Waals surface area contributed by atoms with Gasteiger partial charge in [0.25, 0.3) is 5.95 Å². The van der Waals surface area contributed by atoms with Crippen molar-refractivity contribution >= 4 is 23.5 Å². The third-order valence-electron chi connectivity index (χ3n) is 5.85. The summed E-state index contributed by atoms with van der Waals surface area (Å²) in [6, 6.07) is 7.46. The number of hydrogen-bond donors (Lipinski definition) is 1. The quantitative estimate of drug-likeness (QED) is 0.523. The van der Waals surface area contributed by atoms with Crippen molar-refractivity contribution in [3.05, 3.63) is 46.5 Å². The van der Waals surface area contributed by atoms with E-state index in [4.69, 9.17) is 21.1 Å². The van der Waals surface area contributed by atoms with E-state index in [1.807, 2.05) is 36.1 Å². The zero-order chi connectivity index (χ0) is 23.5. The summed E-state index contributed by atoms with van der Waals surface area (Å²) in [5.74, 6) is 0.107. The summed E-state index contributed by atoms with van der Waals surface area (Å²) in [4.78, 5) is 19.4. The van der Waals surface area contributed by atoms with Crippen LogP contribution in [0.2, 0.25) is 5.15 Å². The Bertz CT molecular complexity index is 1110. The number of carbonyl (C=O) groups is 1. The molecule has 0 spiro atoms. The van der Waals surface area contributed by atoms with Gasteiger partial charge in [0.2, 0.25) is 5.82 Å². The molecule has 0 unspecified atom stereocenters. The second-order valence-electron chi connectivity index (χ2n) is 7.75. The fraction of sp³-hybridized carbons (Fsp3) is 0.476. The summed E-state index contributed by atoms with van der Waals surface area (Å²) in [5.41, 5.74) is 1.72. The molecule has 0 bridgehead atoms. The summed E-state index contributed by atoms with van der Waals surface area (Å²) in [5, 5.41) is 22.8. The first-order valence-electron chi connectivity index (χ1n) is 10.6. The molecule has 1 saturated heterocycles. The van der Waals surface area contributed by atoms with Crippen LogP contribution in [-0.2, 0) is 17.7 Å². The number of hydrogen-bond acceptors (Lipinski definition) is 8.